The molecule has 4 rings (SSSR count). The summed E-state index contributed by atoms with van der Waals surface area (Å²) in [6.07, 6.45) is 11.1. The highest BCUT2D eigenvalue weighted by atomic mass is 15.2. The molecule has 0 N–H and O–H groups in total. The average Bonchev–Trinajstić information content (AvgIpc) is 2.99. The predicted molar refractivity (Wildman–Crippen MR) is 65.9 cm³/mol. The maximum absolute atomic E-state index is 8.25. The Kier molecular flexibility index (Phi) is 1.69. The standard InChI is InChI=1S/C14H17N3/c1-2-6-14(5-1)7-3-11-10-17-13(4-8-15-17)16-12(11)9-14/h4,8,10H,1-3,5-7,9H2/i10D. The van der Waals surface area contributed by atoms with Gasteiger partial charge in [0.2, 0.25) is 0 Å². The van der Waals surface area contributed by atoms with Gasteiger partial charge in [-0.15, -0.1) is 0 Å². The number of hydrogen-bond donors (Lipinski definition) is 0. The van der Waals surface area contributed by atoms with Gasteiger partial charge in [-0.05, 0) is 43.1 Å². The number of aromatic nitrogens is 3. The minimum absolute atomic E-state index is 0.505. The zero-order valence-corrected chi connectivity index (χ0v) is 9.95. The SMILES string of the molecule is [2H]c1c2c(nc3ccnn13)CC1(CCCC1)CC2. The third-order valence-electron chi connectivity index (χ3n) is 4.57. The van der Waals surface area contributed by atoms with Crippen LogP contribution in [0.3, 0.4) is 0 Å². The van der Waals surface area contributed by atoms with Crippen molar-refractivity contribution in [3.63, 3.8) is 0 Å². The molecule has 2 heterocycles. The first-order chi connectivity index (χ1) is 8.77. The zero-order valence-electron chi connectivity index (χ0n) is 10.9. The van der Waals surface area contributed by atoms with E-state index in [4.69, 9.17) is 6.35 Å². The van der Waals surface area contributed by atoms with Gasteiger partial charge in [-0.1, -0.05) is 12.8 Å². The van der Waals surface area contributed by atoms with Gasteiger partial charge < -0.3 is 0 Å². The third-order valence-corrected chi connectivity index (χ3v) is 4.57. The summed E-state index contributed by atoms with van der Waals surface area (Å²) in [6.45, 7) is 0. The fourth-order valence-corrected chi connectivity index (χ4v) is 3.60. The molecule has 2 aliphatic rings. The Morgan fingerprint density at radius 1 is 1.29 bits per heavy atom. The van der Waals surface area contributed by atoms with Crippen LogP contribution in [0.1, 0.15) is 44.7 Å². The van der Waals surface area contributed by atoms with Gasteiger partial charge >= 0.3 is 0 Å². The molecule has 88 valence electrons. The second-order valence-electron chi connectivity index (χ2n) is 5.63. The molecule has 0 aromatic carbocycles. The molecule has 0 unspecified atom stereocenters. The van der Waals surface area contributed by atoms with E-state index in [1.807, 2.05) is 6.07 Å². The molecule has 2 aromatic rings. The van der Waals surface area contributed by atoms with Crippen LogP contribution < -0.4 is 0 Å². The Labute approximate surface area is 102 Å². The maximum Gasteiger partial charge on any atom is 0.155 e. The largest absolute Gasteiger partial charge is 0.233 e. The van der Waals surface area contributed by atoms with E-state index in [1.54, 1.807) is 10.7 Å². The molecule has 3 nitrogen and oxygen atoms in total. The third kappa shape index (κ3) is 1.41. The number of fused-ring (bicyclic) bond motifs is 2. The summed E-state index contributed by atoms with van der Waals surface area (Å²) >= 11 is 0. The summed E-state index contributed by atoms with van der Waals surface area (Å²) < 4.78 is 9.91. The Morgan fingerprint density at radius 2 is 2.18 bits per heavy atom. The maximum atomic E-state index is 8.25. The van der Waals surface area contributed by atoms with Gasteiger partial charge in [0.15, 0.2) is 5.65 Å². The Morgan fingerprint density at radius 3 is 3.06 bits per heavy atom. The van der Waals surface area contributed by atoms with E-state index in [0.717, 1.165) is 24.1 Å². The molecule has 1 saturated carbocycles. The van der Waals surface area contributed by atoms with Gasteiger partial charge in [0.1, 0.15) is 0 Å². The van der Waals surface area contributed by atoms with E-state index in [0.29, 0.717) is 11.6 Å². The number of rotatable bonds is 0. The highest BCUT2D eigenvalue weighted by Gasteiger charge is 2.37. The van der Waals surface area contributed by atoms with Gasteiger partial charge in [0, 0.05) is 17.9 Å². The summed E-state index contributed by atoms with van der Waals surface area (Å²) in [5.41, 5.74) is 3.63. The lowest BCUT2D eigenvalue weighted by Crippen LogP contribution is -2.27. The fourth-order valence-electron chi connectivity index (χ4n) is 3.60. The summed E-state index contributed by atoms with van der Waals surface area (Å²) in [5, 5.41) is 4.18. The molecule has 0 amide bonds. The normalized spacial score (nSPS) is 22.9. The van der Waals surface area contributed by atoms with Crippen molar-refractivity contribution in [2.45, 2.75) is 44.9 Å². The quantitative estimate of drug-likeness (QED) is 0.694. The monoisotopic (exact) mass is 228 g/mol. The predicted octanol–water partition coefficient (Wildman–Crippen LogP) is 2.78. The van der Waals surface area contributed by atoms with Gasteiger partial charge in [-0.2, -0.15) is 5.10 Å². The van der Waals surface area contributed by atoms with Crippen LogP contribution in [-0.4, -0.2) is 14.6 Å². The fraction of sp³-hybridized carbons (Fsp3) is 0.571. The molecule has 17 heavy (non-hydrogen) atoms. The molecule has 1 fully saturated rings. The molecular weight excluding hydrogens is 210 g/mol. The van der Waals surface area contributed by atoms with Crippen molar-refractivity contribution in [2.75, 3.05) is 0 Å². The number of nitrogens with zero attached hydrogens (tertiary/aromatic N) is 3. The zero-order chi connectivity index (χ0) is 12.2. The van der Waals surface area contributed by atoms with Gasteiger partial charge in [-0.25, -0.2) is 9.50 Å². The van der Waals surface area contributed by atoms with Crippen molar-refractivity contribution in [1.29, 1.82) is 0 Å². The minimum Gasteiger partial charge on any atom is -0.233 e. The summed E-state index contributed by atoms with van der Waals surface area (Å²) in [6, 6.07) is 1.90. The first kappa shape index (κ1) is 8.67. The van der Waals surface area contributed by atoms with Crippen LogP contribution >= 0.6 is 0 Å². The second kappa shape index (κ2) is 3.31. The van der Waals surface area contributed by atoms with Crippen molar-refractivity contribution < 1.29 is 1.37 Å². The summed E-state index contributed by atoms with van der Waals surface area (Å²) in [5.74, 6) is 0. The Balaban J connectivity index is 1.86. The highest BCUT2D eigenvalue weighted by molar-refractivity contribution is 5.40. The first-order valence-electron chi connectivity index (χ1n) is 7.10. The lowest BCUT2D eigenvalue weighted by atomic mass is 9.72. The molecule has 0 bridgehead atoms. The van der Waals surface area contributed by atoms with Crippen LogP contribution in [0.2, 0.25) is 0 Å². The van der Waals surface area contributed by atoms with E-state index < -0.39 is 0 Å². The lowest BCUT2D eigenvalue weighted by molar-refractivity contribution is 0.251. The van der Waals surface area contributed by atoms with Crippen LogP contribution in [0.5, 0.6) is 0 Å². The van der Waals surface area contributed by atoms with E-state index >= 15 is 0 Å². The first-order valence-corrected chi connectivity index (χ1v) is 6.60. The van der Waals surface area contributed by atoms with E-state index in [9.17, 15) is 0 Å². The molecule has 2 aliphatic carbocycles. The lowest BCUT2D eigenvalue weighted by Gasteiger charge is -2.33. The van der Waals surface area contributed by atoms with Crippen LogP contribution in [0.25, 0.3) is 5.65 Å². The molecule has 3 heteroatoms. The van der Waals surface area contributed by atoms with Crippen molar-refractivity contribution in [2.24, 2.45) is 5.41 Å². The van der Waals surface area contributed by atoms with Crippen molar-refractivity contribution in [3.8, 4) is 0 Å². The molecule has 1 spiro atoms. The van der Waals surface area contributed by atoms with Crippen LogP contribution in [0, 0.1) is 5.41 Å². The van der Waals surface area contributed by atoms with E-state index in [1.165, 1.54) is 37.8 Å². The van der Waals surface area contributed by atoms with Gasteiger partial charge in [-0.3, -0.25) is 0 Å². The van der Waals surface area contributed by atoms with Crippen molar-refractivity contribution in [1.82, 2.24) is 14.6 Å². The van der Waals surface area contributed by atoms with Gasteiger partial charge in [0.25, 0.3) is 0 Å². The smallest absolute Gasteiger partial charge is 0.155 e. The topological polar surface area (TPSA) is 30.2 Å². The summed E-state index contributed by atoms with van der Waals surface area (Å²) in [7, 11) is 0. The van der Waals surface area contributed by atoms with Crippen LogP contribution in [-0.2, 0) is 12.8 Å². The highest BCUT2D eigenvalue weighted by Crippen LogP contribution is 2.47. The second-order valence-corrected chi connectivity index (χ2v) is 5.63. The molecule has 2 aromatic heterocycles. The molecular formula is C14H17N3. The van der Waals surface area contributed by atoms with Crippen molar-refractivity contribution in [3.05, 3.63) is 29.7 Å². The summed E-state index contributed by atoms with van der Waals surface area (Å²) in [4.78, 5) is 4.74. The van der Waals surface area contributed by atoms with E-state index in [2.05, 4.69) is 5.10 Å². The molecule has 0 aliphatic heterocycles. The van der Waals surface area contributed by atoms with Gasteiger partial charge in [0.05, 0.1) is 7.57 Å². The molecule has 0 atom stereocenters. The molecule has 0 radical (unpaired) electrons. The average molecular weight is 228 g/mol. The van der Waals surface area contributed by atoms with Crippen LogP contribution in [0.15, 0.2) is 18.4 Å². The van der Waals surface area contributed by atoms with E-state index in [-0.39, 0.29) is 0 Å². The minimum atomic E-state index is 0.505. The Hall–Kier alpha value is -1.38. The van der Waals surface area contributed by atoms with Crippen molar-refractivity contribution >= 4 is 5.65 Å². The Bertz CT molecular complexity index is 611. The van der Waals surface area contributed by atoms with Crippen LogP contribution in [0.4, 0.5) is 0 Å². The number of hydrogen-bond acceptors (Lipinski definition) is 2. The molecule has 0 saturated heterocycles.